The standard InChI is InChI=1S/C22H24N4O4/c1-14(27)11-15-3-5-16(6-4-15)17-12-18-20(24-8-7-23-18)21(25-17)30-13-19-22(28)26(2)9-10-29-19/h3-8,12,14,19,27H,9-11,13H2,1-2H3/t14-,19?/m1/s1. The van der Waals surface area contributed by atoms with E-state index >= 15 is 0 Å². The Morgan fingerprint density at radius 1 is 1.27 bits per heavy atom. The maximum Gasteiger partial charge on any atom is 0.255 e. The number of hydrogen-bond donors (Lipinski definition) is 1. The van der Waals surface area contributed by atoms with Gasteiger partial charge in [0.25, 0.3) is 5.91 Å². The number of benzene rings is 1. The van der Waals surface area contributed by atoms with Gasteiger partial charge in [-0.2, -0.15) is 0 Å². The number of carbonyl (C=O) groups excluding carboxylic acids is 1. The van der Waals surface area contributed by atoms with Crippen LogP contribution in [0.1, 0.15) is 12.5 Å². The van der Waals surface area contributed by atoms with Crippen LogP contribution in [-0.2, 0) is 16.0 Å². The summed E-state index contributed by atoms with van der Waals surface area (Å²) < 4.78 is 11.5. The minimum Gasteiger partial charge on any atom is -0.473 e. The van der Waals surface area contributed by atoms with E-state index in [4.69, 9.17) is 9.47 Å². The van der Waals surface area contributed by atoms with Crippen molar-refractivity contribution in [1.82, 2.24) is 19.9 Å². The lowest BCUT2D eigenvalue weighted by molar-refractivity contribution is -0.153. The van der Waals surface area contributed by atoms with E-state index in [0.717, 1.165) is 11.1 Å². The third-order valence-electron chi connectivity index (χ3n) is 4.97. The van der Waals surface area contributed by atoms with Gasteiger partial charge in [-0.05, 0) is 25.0 Å². The van der Waals surface area contributed by atoms with Crippen molar-refractivity contribution in [2.24, 2.45) is 0 Å². The van der Waals surface area contributed by atoms with Crippen LogP contribution in [-0.4, -0.2) is 69.9 Å². The number of carbonyl (C=O) groups is 1. The summed E-state index contributed by atoms with van der Waals surface area (Å²) in [6, 6.07) is 9.70. The molecule has 156 valence electrons. The molecule has 4 rings (SSSR count). The number of nitrogens with zero attached hydrogens (tertiary/aromatic N) is 4. The molecule has 1 amide bonds. The summed E-state index contributed by atoms with van der Waals surface area (Å²) in [5.41, 5.74) is 3.81. The summed E-state index contributed by atoms with van der Waals surface area (Å²) in [7, 11) is 1.75. The smallest absolute Gasteiger partial charge is 0.255 e. The number of rotatable bonds is 6. The third-order valence-corrected chi connectivity index (χ3v) is 4.97. The van der Waals surface area contributed by atoms with E-state index in [2.05, 4.69) is 15.0 Å². The molecule has 1 aliphatic heterocycles. The van der Waals surface area contributed by atoms with Gasteiger partial charge in [-0.15, -0.1) is 0 Å². The normalized spacial score (nSPS) is 17.9. The van der Waals surface area contributed by atoms with E-state index in [-0.39, 0.29) is 12.5 Å². The molecular formula is C22H24N4O4. The number of morpholine rings is 1. The first-order chi connectivity index (χ1) is 14.5. The molecule has 30 heavy (non-hydrogen) atoms. The van der Waals surface area contributed by atoms with Crippen molar-refractivity contribution in [3.8, 4) is 17.1 Å². The van der Waals surface area contributed by atoms with E-state index in [1.165, 1.54) is 0 Å². The number of aliphatic hydroxyl groups excluding tert-OH is 1. The van der Waals surface area contributed by atoms with Crippen LogP contribution in [0.25, 0.3) is 22.3 Å². The van der Waals surface area contributed by atoms with Crippen LogP contribution in [0.3, 0.4) is 0 Å². The lowest BCUT2D eigenvalue weighted by Crippen LogP contribution is -2.48. The second kappa shape index (κ2) is 8.73. The molecule has 3 aromatic rings. The molecule has 2 aromatic heterocycles. The fourth-order valence-electron chi connectivity index (χ4n) is 3.38. The quantitative estimate of drug-likeness (QED) is 0.665. The average molecular weight is 408 g/mol. The molecule has 1 fully saturated rings. The number of likely N-dealkylation sites (N-methyl/N-ethyl adjacent to an activating group) is 1. The molecule has 1 aromatic carbocycles. The average Bonchev–Trinajstić information content (AvgIpc) is 2.74. The Hall–Kier alpha value is -3.10. The molecule has 8 heteroatoms. The number of hydrogen-bond acceptors (Lipinski definition) is 7. The maximum absolute atomic E-state index is 12.3. The van der Waals surface area contributed by atoms with Crippen molar-refractivity contribution in [2.75, 3.05) is 26.8 Å². The summed E-state index contributed by atoms with van der Waals surface area (Å²) in [5, 5.41) is 9.57. The van der Waals surface area contributed by atoms with Gasteiger partial charge in [0.1, 0.15) is 6.61 Å². The largest absolute Gasteiger partial charge is 0.473 e. The molecule has 2 atom stereocenters. The van der Waals surface area contributed by atoms with Gasteiger partial charge in [-0.1, -0.05) is 24.3 Å². The van der Waals surface area contributed by atoms with Crippen molar-refractivity contribution in [2.45, 2.75) is 25.6 Å². The fourth-order valence-corrected chi connectivity index (χ4v) is 3.38. The number of amides is 1. The van der Waals surface area contributed by atoms with Gasteiger partial charge in [-0.3, -0.25) is 9.78 Å². The SMILES string of the molecule is C[C@@H](O)Cc1ccc(-c2cc3nccnc3c(OCC3OCCN(C)C3=O)n2)cc1. The monoisotopic (exact) mass is 408 g/mol. The van der Waals surface area contributed by atoms with Crippen LogP contribution in [0.15, 0.2) is 42.7 Å². The third kappa shape index (κ3) is 4.39. The van der Waals surface area contributed by atoms with Crippen LogP contribution in [0.2, 0.25) is 0 Å². The fraction of sp³-hybridized carbons (Fsp3) is 0.364. The highest BCUT2D eigenvalue weighted by Gasteiger charge is 2.28. The lowest BCUT2D eigenvalue weighted by Gasteiger charge is -2.29. The molecule has 1 saturated heterocycles. The number of fused-ring (bicyclic) bond motifs is 1. The summed E-state index contributed by atoms with van der Waals surface area (Å²) in [6.07, 6.45) is 2.73. The molecule has 0 bridgehead atoms. The Morgan fingerprint density at radius 3 is 2.80 bits per heavy atom. The predicted octanol–water partition coefficient (Wildman–Crippen LogP) is 1.85. The summed E-state index contributed by atoms with van der Waals surface area (Å²) in [4.78, 5) is 27.3. The van der Waals surface area contributed by atoms with Gasteiger partial charge >= 0.3 is 0 Å². The van der Waals surface area contributed by atoms with E-state index < -0.39 is 12.2 Å². The van der Waals surface area contributed by atoms with Gasteiger partial charge in [0.05, 0.1) is 23.9 Å². The highest BCUT2D eigenvalue weighted by Crippen LogP contribution is 2.27. The second-order valence-corrected chi connectivity index (χ2v) is 7.42. The zero-order chi connectivity index (χ0) is 21.1. The molecule has 1 N–H and O–H groups in total. The van der Waals surface area contributed by atoms with Crippen LogP contribution < -0.4 is 4.74 Å². The van der Waals surface area contributed by atoms with Gasteiger partial charge in [-0.25, -0.2) is 9.97 Å². The van der Waals surface area contributed by atoms with Gasteiger partial charge < -0.3 is 19.5 Å². The number of aliphatic hydroxyl groups is 1. The minimum atomic E-state index is -0.666. The van der Waals surface area contributed by atoms with Crippen molar-refractivity contribution in [1.29, 1.82) is 0 Å². The lowest BCUT2D eigenvalue weighted by atomic mass is 10.0. The molecule has 0 aliphatic carbocycles. The Balaban J connectivity index is 1.62. The number of ether oxygens (including phenoxy) is 2. The Kier molecular flexibility index (Phi) is 5.87. The van der Waals surface area contributed by atoms with E-state index in [1.54, 1.807) is 31.3 Å². The van der Waals surface area contributed by atoms with E-state index in [9.17, 15) is 9.90 Å². The maximum atomic E-state index is 12.3. The van der Waals surface area contributed by atoms with Crippen LogP contribution in [0.4, 0.5) is 0 Å². The molecule has 0 spiro atoms. The summed E-state index contributed by atoms with van der Waals surface area (Å²) in [5.74, 6) is 0.203. The van der Waals surface area contributed by atoms with Gasteiger partial charge in [0.2, 0.25) is 5.88 Å². The zero-order valence-electron chi connectivity index (χ0n) is 17.0. The van der Waals surface area contributed by atoms with Gasteiger partial charge in [0.15, 0.2) is 11.6 Å². The first-order valence-corrected chi connectivity index (χ1v) is 9.90. The molecule has 1 unspecified atom stereocenters. The van der Waals surface area contributed by atoms with Crippen LogP contribution in [0, 0.1) is 0 Å². The summed E-state index contributed by atoms with van der Waals surface area (Å²) in [6.45, 7) is 2.86. The van der Waals surface area contributed by atoms with Crippen LogP contribution in [0.5, 0.6) is 5.88 Å². The second-order valence-electron chi connectivity index (χ2n) is 7.42. The highest BCUT2D eigenvalue weighted by atomic mass is 16.5. The summed E-state index contributed by atoms with van der Waals surface area (Å²) >= 11 is 0. The molecule has 8 nitrogen and oxygen atoms in total. The van der Waals surface area contributed by atoms with E-state index in [1.807, 2.05) is 30.3 Å². The molecule has 1 aliphatic rings. The van der Waals surface area contributed by atoms with Crippen molar-refractivity contribution < 1.29 is 19.4 Å². The van der Waals surface area contributed by atoms with Crippen molar-refractivity contribution in [3.05, 3.63) is 48.3 Å². The first-order valence-electron chi connectivity index (χ1n) is 9.90. The minimum absolute atomic E-state index is 0.0542. The molecule has 0 radical (unpaired) electrons. The van der Waals surface area contributed by atoms with E-state index in [0.29, 0.717) is 42.2 Å². The van der Waals surface area contributed by atoms with Crippen molar-refractivity contribution in [3.63, 3.8) is 0 Å². The molecule has 0 saturated carbocycles. The van der Waals surface area contributed by atoms with Crippen LogP contribution >= 0.6 is 0 Å². The number of aromatic nitrogens is 3. The topological polar surface area (TPSA) is 97.7 Å². The predicted molar refractivity (Wildman–Crippen MR) is 111 cm³/mol. The Bertz CT molecular complexity index is 1040. The first kappa shape index (κ1) is 20.2. The van der Waals surface area contributed by atoms with Crippen molar-refractivity contribution >= 4 is 16.9 Å². The highest BCUT2D eigenvalue weighted by molar-refractivity contribution is 5.84. The Morgan fingerprint density at radius 2 is 2.03 bits per heavy atom. The molecular weight excluding hydrogens is 384 g/mol. The molecule has 3 heterocycles. The zero-order valence-corrected chi connectivity index (χ0v) is 17.0. The van der Waals surface area contributed by atoms with Gasteiger partial charge in [0, 0.05) is 31.5 Å². The number of pyridine rings is 1. The Labute approximate surface area is 174 Å².